The van der Waals surface area contributed by atoms with Gasteiger partial charge in [-0.25, -0.2) is 0 Å². The van der Waals surface area contributed by atoms with Crippen molar-refractivity contribution in [2.24, 2.45) is 5.73 Å². The number of amides is 1. The smallest absolute Gasteiger partial charge is 0.253 e. The van der Waals surface area contributed by atoms with Crippen molar-refractivity contribution in [1.82, 2.24) is 5.32 Å². The fourth-order valence-electron chi connectivity index (χ4n) is 1.84. The van der Waals surface area contributed by atoms with E-state index in [9.17, 15) is 4.79 Å². The van der Waals surface area contributed by atoms with Crippen molar-refractivity contribution in [1.29, 1.82) is 0 Å². The largest absolute Gasteiger partial charge is 0.391 e. The highest BCUT2D eigenvalue weighted by Gasteiger charge is 2.19. The van der Waals surface area contributed by atoms with E-state index in [0.717, 1.165) is 5.56 Å². The van der Waals surface area contributed by atoms with Crippen LogP contribution in [0.25, 0.3) is 0 Å². The summed E-state index contributed by atoms with van der Waals surface area (Å²) in [4.78, 5) is 12.6. The Morgan fingerprint density at radius 2 is 1.90 bits per heavy atom. The molecule has 0 fully saturated rings. The van der Waals surface area contributed by atoms with Gasteiger partial charge in [0.15, 0.2) is 0 Å². The van der Waals surface area contributed by atoms with Gasteiger partial charge in [0.1, 0.15) is 11.0 Å². The number of carbonyl (C=O) groups excluding carboxylic acids is 1. The molecule has 0 saturated heterocycles. The molecule has 0 aliphatic heterocycles. The van der Waals surface area contributed by atoms with Crippen molar-refractivity contribution in [2.45, 2.75) is 6.04 Å². The van der Waals surface area contributed by atoms with Crippen molar-refractivity contribution in [2.75, 3.05) is 0 Å². The molecule has 0 aliphatic rings. The summed E-state index contributed by atoms with van der Waals surface area (Å²) in [5.41, 5.74) is 7.00. The predicted octanol–water partition coefficient (Wildman–Crippen LogP) is 3.86. The monoisotopic (exact) mass is 382 g/mol. The molecule has 3 nitrogen and oxygen atoms in total. The third-order valence-electron chi connectivity index (χ3n) is 2.87. The topological polar surface area (TPSA) is 55.1 Å². The second kappa shape index (κ2) is 7.02. The lowest BCUT2D eigenvalue weighted by atomic mass is 10.1. The van der Waals surface area contributed by atoms with Crippen molar-refractivity contribution in [3.05, 3.63) is 69.2 Å². The van der Waals surface area contributed by atoms with E-state index in [1.807, 2.05) is 30.3 Å². The van der Waals surface area contributed by atoms with E-state index < -0.39 is 6.04 Å². The van der Waals surface area contributed by atoms with Crippen LogP contribution in [0.15, 0.2) is 53.0 Å². The molecule has 0 bridgehead atoms. The first-order valence-corrected chi connectivity index (χ1v) is 7.67. The van der Waals surface area contributed by atoms with Crippen LogP contribution in [-0.4, -0.2) is 10.9 Å². The Morgan fingerprint density at radius 3 is 2.52 bits per heavy atom. The highest BCUT2D eigenvalue weighted by atomic mass is 79.9. The Labute approximate surface area is 141 Å². The first kappa shape index (κ1) is 15.9. The average molecular weight is 384 g/mol. The van der Waals surface area contributed by atoms with E-state index in [1.165, 1.54) is 0 Å². The summed E-state index contributed by atoms with van der Waals surface area (Å²) in [6, 6.07) is 13.8. The quantitative estimate of drug-likeness (QED) is 0.788. The van der Waals surface area contributed by atoms with E-state index in [1.54, 1.807) is 18.2 Å². The first-order valence-electron chi connectivity index (χ1n) is 6.09. The Morgan fingerprint density at radius 1 is 1.24 bits per heavy atom. The number of benzene rings is 2. The standard InChI is InChI=1S/C15H12BrClN2OS/c16-12-7-6-10(17)8-11(12)15(20)19-13(14(18)21)9-4-2-1-3-5-9/h1-8,13H,(H2,18,21)(H,19,20). The molecule has 0 aliphatic carbocycles. The SMILES string of the molecule is NC(=S)C(NC(=O)c1cc(Cl)ccc1Br)c1ccccc1. The van der Waals surface area contributed by atoms with E-state index >= 15 is 0 Å². The van der Waals surface area contributed by atoms with Crippen molar-refractivity contribution in [3.63, 3.8) is 0 Å². The summed E-state index contributed by atoms with van der Waals surface area (Å²) in [5, 5.41) is 3.30. The number of nitrogens with one attached hydrogen (secondary N) is 1. The van der Waals surface area contributed by atoms with Crippen molar-refractivity contribution in [3.8, 4) is 0 Å². The van der Waals surface area contributed by atoms with Crippen molar-refractivity contribution < 1.29 is 4.79 Å². The lowest BCUT2D eigenvalue weighted by Gasteiger charge is -2.18. The minimum atomic E-state index is -0.528. The molecule has 108 valence electrons. The van der Waals surface area contributed by atoms with Gasteiger partial charge in [-0.2, -0.15) is 0 Å². The number of nitrogens with two attached hydrogens (primary N) is 1. The van der Waals surface area contributed by atoms with Gasteiger partial charge in [-0.3, -0.25) is 4.79 Å². The van der Waals surface area contributed by atoms with Crippen LogP contribution in [0.1, 0.15) is 22.0 Å². The Kier molecular flexibility index (Phi) is 5.33. The highest BCUT2D eigenvalue weighted by Crippen LogP contribution is 2.22. The molecular formula is C15H12BrClN2OS. The van der Waals surface area contributed by atoms with Crippen molar-refractivity contribution >= 4 is 50.6 Å². The van der Waals surface area contributed by atoms with Gasteiger partial charge < -0.3 is 11.1 Å². The molecule has 6 heteroatoms. The first-order chi connectivity index (χ1) is 9.99. The maximum atomic E-state index is 12.4. The molecule has 2 aromatic carbocycles. The van der Waals surface area contributed by atoms with Crippen LogP contribution < -0.4 is 11.1 Å². The van der Waals surface area contributed by atoms with Gasteiger partial charge in [0, 0.05) is 9.50 Å². The predicted molar refractivity (Wildman–Crippen MR) is 92.6 cm³/mol. The zero-order chi connectivity index (χ0) is 15.4. The van der Waals surface area contributed by atoms with Gasteiger partial charge in [0.25, 0.3) is 5.91 Å². The highest BCUT2D eigenvalue weighted by molar-refractivity contribution is 9.10. The molecule has 0 heterocycles. The van der Waals surface area contributed by atoms with Crippen LogP contribution in [0.2, 0.25) is 5.02 Å². The summed E-state index contributed by atoms with van der Waals surface area (Å²) in [6.07, 6.45) is 0. The lowest BCUT2D eigenvalue weighted by molar-refractivity contribution is 0.0946. The lowest BCUT2D eigenvalue weighted by Crippen LogP contribution is -2.36. The Hall–Kier alpha value is -1.43. The normalized spacial score (nSPS) is 11.7. The molecule has 1 atom stereocenters. The van der Waals surface area contributed by atoms with Gasteiger partial charge >= 0.3 is 0 Å². The summed E-state index contributed by atoms with van der Waals surface area (Å²) in [6.45, 7) is 0. The maximum Gasteiger partial charge on any atom is 0.253 e. The van der Waals surface area contributed by atoms with Crippen LogP contribution in [0.5, 0.6) is 0 Å². The fraction of sp³-hybridized carbons (Fsp3) is 0.0667. The minimum absolute atomic E-state index is 0.202. The molecule has 1 unspecified atom stereocenters. The van der Waals surface area contributed by atoms with Gasteiger partial charge in [-0.15, -0.1) is 0 Å². The summed E-state index contributed by atoms with van der Waals surface area (Å²) in [5.74, 6) is -0.300. The molecule has 2 aromatic rings. The molecule has 2 rings (SSSR count). The number of rotatable bonds is 4. The third-order valence-corrected chi connectivity index (χ3v) is 4.03. The Balaban J connectivity index is 2.27. The molecular weight excluding hydrogens is 372 g/mol. The maximum absolute atomic E-state index is 12.4. The zero-order valence-electron chi connectivity index (χ0n) is 10.8. The molecule has 0 radical (unpaired) electrons. The zero-order valence-corrected chi connectivity index (χ0v) is 14.0. The molecule has 0 aromatic heterocycles. The summed E-state index contributed by atoms with van der Waals surface area (Å²) < 4.78 is 0.652. The van der Waals surface area contributed by atoms with E-state index in [4.69, 9.17) is 29.6 Å². The fourth-order valence-corrected chi connectivity index (χ4v) is 2.64. The van der Waals surface area contributed by atoms with Gasteiger partial charge in [0.2, 0.25) is 0 Å². The van der Waals surface area contributed by atoms with E-state index in [2.05, 4.69) is 21.2 Å². The van der Waals surface area contributed by atoms with Crippen LogP contribution in [-0.2, 0) is 0 Å². The summed E-state index contributed by atoms with van der Waals surface area (Å²) >= 11 is 14.3. The van der Waals surface area contributed by atoms with Gasteiger partial charge in [-0.05, 0) is 39.7 Å². The second-order valence-corrected chi connectivity index (χ2v) is 6.11. The van der Waals surface area contributed by atoms with E-state index in [-0.39, 0.29) is 10.9 Å². The number of halogens is 2. The average Bonchev–Trinajstić information content (AvgIpc) is 2.47. The number of carbonyl (C=O) groups is 1. The number of hydrogen-bond acceptors (Lipinski definition) is 2. The summed E-state index contributed by atoms with van der Waals surface area (Å²) in [7, 11) is 0. The van der Waals surface area contributed by atoms with Crippen LogP contribution >= 0.6 is 39.7 Å². The molecule has 21 heavy (non-hydrogen) atoms. The van der Waals surface area contributed by atoms with Crippen LogP contribution in [0, 0.1) is 0 Å². The minimum Gasteiger partial charge on any atom is -0.391 e. The van der Waals surface area contributed by atoms with Gasteiger partial charge in [0.05, 0.1) is 5.56 Å². The molecule has 3 N–H and O–H groups in total. The molecule has 0 saturated carbocycles. The third kappa shape index (κ3) is 4.03. The van der Waals surface area contributed by atoms with Crippen LogP contribution in [0.4, 0.5) is 0 Å². The Bertz CT molecular complexity index is 679. The molecule has 1 amide bonds. The van der Waals surface area contributed by atoms with Crippen LogP contribution in [0.3, 0.4) is 0 Å². The number of hydrogen-bond donors (Lipinski definition) is 2. The van der Waals surface area contributed by atoms with Gasteiger partial charge in [-0.1, -0.05) is 54.2 Å². The van der Waals surface area contributed by atoms with E-state index in [0.29, 0.717) is 15.1 Å². The second-order valence-electron chi connectivity index (χ2n) is 4.34. The molecule has 0 spiro atoms. The number of thiocarbonyl (C=S) groups is 1.